The summed E-state index contributed by atoms with van der Waals surface area (Å²) in [5, 5.41) is 19.3. The summed E-state index contributed by atoms with van der Waals surface area (Å²) >= 11 is 0. The summed E-state index contributed by atoms with van der Waals surface area (Å²) in [6.07, 6.45) is -0.341. The third kappa shape index (κ3) is 22.4. The van der Waals surface area contributed by atoms with Crippen LogP contribution in [0.2, 0.25) is 0 Å². The first-order valence-electron chi connectivity index (χ1n) is 2.52. The van der Waals surface area contributed by atoms with Crippen molar-refractivity contribution >= 4 is 11.9 Å². The van der Waals surface area contributed by atoms with E-state index >= 15 is 0 Å². The zero-order chi connectivity index (χ0) is 7.28. The topological polar surface area (TPSA) is 112 Å². The minimum absolute atomic E-state index is 0. The van der Waals surface area contributed by atoms with Crippen molar-refractivity contribution in [3.8, 4) is 0 Å². The van der Waals surface area contributed by atoms with Crippen LogP contribution < -0.4 is 69.3 Å². The average molecular weight is 194 g/mol. The average Bonchev–Trinajstić information content (AvgIpc) is 1.63. The third-order valence-corrected chi connectivity index (χ3v) is 0.762. The molecule has 0 aromatic rings. The summed E-state index contributed by atoms with van der Waals surface area (Å²) in [5.74, 6) is -2.45. The zero-order valence-electron chi connectivity index (χ0n) is 7.25. The molecule has 0 saturated heterocycles. The van der Waals surface area contributed by atoms with Gasteiger partial charge in [-0.3, -0.25) is 0 Å². The Balaban J connectivity index is -0.000000107. The third-order valence-electron chi connectivity index (χ3n) is 0.762. The van der Waals surface area contributed by atoms with Crippen LogP contribution in [0.4, 0.5) is 0 Å². The van der Waals surface area contributed by atoms with Crippen molar-refractivity contribution in [1.29, 1.82) is 0 Å². The van der Waals surface area contributed by atoms with Gasteiger partial charge in [0.25, 0.3) is 0 Å². The van der Waals surface area contributed by atoms with Crippen molar-refractivity contribution in [3.63, 3.8) is 0 Å². The molecule has 0 unspecified atom stereocenters. The fourth-order valence-electron chi connectivity index (χ4n) is 0.377. The summed E-state index contributed by atoms with van der Waals surface area (Å²) in [4.78, 5) is 19.3. The van der Waals surface area contributed by atoms with Crippen LogP contribution in [-0.4, -0.2) is 17.4 Å². The number of carbonyl (C=O) groups excluding carboxylic acids is 2. The van der Waals surface area contributed by atoms with Gasteiger partial charge in [-0.05, 0) is 19.3 Å². The van der Waals surface area contributed by atoms with Gasteiger partial charge in [-0.15, -0.1) is 0 Å². The van der Waals surface area contributed by atoms with E-state index in [0.717, 1.165) is 0 Å². The Labute approximate surface area is 114 Å². The molecular weight excluding hydrogens is 186 g/mol. The quantitative estimate of drug-likeness (QED) is 0.413. The number of aliphatic carboxylic acids is 2. The molecule has 5 nitrogen and oxygen atoms in total. The normalized spacial score (nSPS) is 6.67. The van der Waals surface area contributed by atoms with E-state index in [-0.39, 0.29) is 83.9 Å². The SMILES string of the molecule is O.O=C([O-])CCCC(=O)[O-].[Na+].[Na+]. The molecule has 7 heteroatoms. The fraction of sp³-hybridized carbons (Fsp3) is 0.600. The summed E-state index contributed by atoms with van der Waals surface area (Å²) in [5.41, 5.74) is 0. The number of hydrogen-bond acceptors (Lipinski definition) is 4. The van der Waals surface area contributed by atoms with E-state index in [4.69, 9.17) is 0 Å². The second kappa shape index (κ2) is 14.4. The van der Waals surface area contributed by atoms with E-state index in [1.807, 2.05) is 0 Å². The van der Waals surface area contributed by atoms with Crippen LogP contribution >= 0.6 is 0 Å². The molecule has 0 bridgehead atoms. The van der Waals surface area contributed by atoms with Gasteiger partial charge in [0.15, 0.2) is 0 Å². The minimum Gasteiger partial charge on any atom is -0.550 e. The molecule has 0 fully saturated rings. The number of carboxylic acid groups (broad SMARTS) is 2. The van der Waals surface area contributed by atoms with Gasteiger partial charge in [0.2, 0.25) is 0 Å². The second-order valence-corrected chi connectivity index (χ2v) is 1.60. The second-order valence-electron chi connectivity index (χ2n) is 1.60. The predicted molar refractivity (Wildman–Crippen MR) is 27.5 cm³/mol. The fourth-order valence-corrected chi connectivity index (χ4v) is 0.377. The Morgan fingerprint density at radius 2 is 1.17 bits per heavy atom. The maximum absolute atomic E-state index is 9.66. The number of rotatable bonds is 4. The maximum atomic E-state index is 9.66. The summed E-state index contributed by atoms with van der Waals surface area (Å²) in [7, 11) is 0. The molecule has 0 saturated carbocycles. The maximum Gasteiger partial charge on any atom is 1.00 e. The van der Waals surface area contributed by atoms with Gasteiger partial charge in [0.1, 0.15) is 0 Å². The van der Waals surface area contributed by atoms with Crippen molar-refractivity contribution in [1.82, 2.24) is 0 Å². The van der Waals surface area contributed by atoms with Crippen LogP contribution in [0.5, 0.6) is 0 Å². The Hall–Kier alpha value is 0.900. The van der Waals surface area contributed by atoms with Crippen molar-refractivity contribution < 1.29 is 84.4 Å². The molecule has 0 atom stereocenters. The van der Waals surface area contributed by atoms with Crippen LogP contribution in [0.15, 0.2) is 0 Å². The van der Waals surface area contributed by atoms with Crippen molar-refractivity contribution in [3.05, 3.63) is 0 Å². The molecule has 12 heavy (non-hydrogen) atoms. The molecule has 0 aromatic carbocycles. The molecule has 0 aliphatic carbocycles. The molecule has 0 rings (SSSR count). The van der Waals surface area contributed by atoms with Gasteiger partial charge in [-0.1, -0.05) is 0 Å². The van der Waals surface area contributed by atoms with Crippen LogP contribution in [0.1, 0.15) is 19.3 Å². The van der Waals surface area contributed by atoms with Crippen molar-refractivity contribution in [2.45, 2.75) is 19.3 Å². The van der Waals surface area contributed by atoms with Gasteiger partial charge in [0, 0.05) is 11.9 Å². The molecule has 2 N–H and O–H groups in total. The van der Waals surface area contributed by atoms with Crippen molar-refractivity contribution in [2.24, 2.45) is 0 Å². The summed E-state index contributed by atoms with van der Waals surface area (Å²) in [6, 6.07) is 0. The smallest absolute Gasteiger partial charge is 0.550 e. The van der Waals surface area contributed by atoms with Gasteiger partial charge in [0.05, 0.1) is 0 Å². The largest absolute Gasteiger partial charge is 1.00 e. The molecule has 0 spiro atoms. The van der Waals surface area contributed by atoms with Crippen LogP contribution in [0.25, 0.3) is 0 Å². The number of carbonyl (C=O) groups is 2. The molecule has 0 amide bonds. The molecule has 0 heterocycles. The molecular formula is C5H8Na2O5. The summed E-state index contributed by atoms with van der Waals surface area (Å²) in [6.45, 7) is 0. The Morgan fingerprint density at radius 3 is 1.33 bits per heavy atom. The standard InChI is InChI=1S/C5H8O4.2Na.H2O/c6-4(7)2-1-3-5(8)9;;;/h1-3H2,(H,6,7)(H,8,9);;;1H2/q;2*+1;/p-2. The van der Waals surface area contributed by atoms with Crippen LogP contribution in [0, 0.1) is 0 Å². The molecule has 0 aromatic heterocycles. The van der Waals surface area contributed by atoms with Gasteiger partial charge in [-0.25, -0.2) is 0 Å². The number of hydrogen-bond donors (Lipinski definition) is 0. The first-order chi connectivity index (χ1) is 4.13. The van der Waals surface area contributed by atoms with E-state index in [0.29, 0.717) is 0 Å². The van der Waals surface area contributed by atoms with Gasteiger partial charge in [-0.2, -0.15) is 0 Å². The van der Waals surface area contributed by atoms with Crippen molar-refractivity contribution in [2.75, 3.05) is 0 Å². The van der Waals surface area contributed by atoms with Gasteiger partial charge < -0.3 is 25.3 Å². The molecule has 0 radical (unpaired) electrons. The molecule has 0 aliphatic rings. The van der Waals surface area contributed by atoms with Crippen LogP contribution in [0.3, 0.4) is 0 Å². The first kappa shape index (κ1) is 23.1. The molecule has 60 valence electrons. The van der Waals surface area contributed by atoms with Crippen LogP contribution in [-0.2, 0) is 9.59 Å². The van der Waals surface area contributed by atoms with Gasteiger partial charge >= 0.3 is 59.1 Å². The van der Waals surface area contributed by atoms with E-state index in [9.17, 15) is 19.8 Å². The Bertz CT molecular complexity index is 113. The molecule has 0 aliphatic heterocycles. The Morgan fingerprint density at radius 1 is 0.917 bits per heavy atom. The minimum atomic E-state index is -1.23. The van der Waals surface area contributed by atoms with E-state index in [1.165, 1.54) is 0 Å². The zero-order valence-corrected chi connectivity index (χ0v) is 11.3. The van der Waals surface area contributed by atoms with E-state index in [2.05, 4.69) is 0 Å². The van der Waals surface area contributed by atoms with E-state index < -0.39 is 11.9 Å². The van der Waals surface area contributed by atoms with E-state index in [1.54, 1.807) is 0 Å². The predicted octanol–water partition coefficient (Wildman–Crippen LogP) is -9.16. The number of carboxylic acids is 2. The first-order valence-corrected chi connectivity index (χ1v) is 2.52. The Kier molecular flexibility index (Phi) is 27.7. The summed E-state index contributed by atoms with van der Waals surface area (Å²) < 4.78 is 0. The monoisotopic (exact) mass is 194 g/mol.